The molecule has 1 aromatic rings. The number of hydrogen-bond donors (Lipinski definition) is 0. The fraction of sp³-hybridized carbons (Fsp3) is 0.462. The molecule has 4 heteroatoms. The zero-order chi connectivity index (χ0) is 11.9. The summed E-state index contributed by atoms with van der Waals surface area (Å²) in [7, 11) is 0. The lowest BCUT2D eigenvalue weighted by molar-refractivity contribution is 0.199. The smallest absolute Gasteiger partial charge is 0.324 e. The topological polar surface area (TPSA) is 36.1 Å². The molecule has 0 saturated carbocycles. The van der Waals surface area contributed by atoms with Crippen LogP contribution in [-0.4, -0.2) is 42.8 Å². The third-order valence-electron chi connectivity index (χ3n) is 3.33. The summed E-state index contributed by atoms with van der Waals surface area (Å²) in [4.78, 5) is 15.9. The van der Waals surface area contributed by atoms with Crippen molar-refractivity contribution in [3.63, 3.8) is 0 Å². The van der Waals surface area contributed by atoms with Gasteiger partial charge >= 0.3 is 6.03 Å². The number of para-hydroxylation sites is 1. The molecule has 2 amide bonds. The molecule has 4 nitrogen and oxygen atoms in total. The maximum atomic E-state index is 12.2. The summed E-state index contributed by atoms with van der Waals surface area (Å²) < 4.78 is 5.33. The Hall–Kier alpha value is -1.55. The Labute approximate surface area is 101 Å². The summed E-state index contributed by atoms with van der Waals surface area (Å²) in [5.74, 6) is 0. The van der Waals surface area contributed by atoms with Gasteiger partial charge in [-0.05, 0) is 19.1 Å². The van der Waals surface area contributed by atoms with Gasteiger partial charge in [-0.2, -0.15) is 0 Å². The number of hydrogen-bond acceptors (Lipinski definition) is 2. The van der Waals surface area contributed by atoms with Crippen LogP contribution in [0.25, 0.3) is 0 Å². The highest BCUT2D eigenvalue weighted by Gasteiger charge is 2.44. The number of anilines is 1. The molecule has 2 aliphatic heterocycles. The van der Waals surface area contributed by atoms with Crippen molar-refractivity contribution in [1.29, 1.82) is 0 Å². The molecule has 3 rings (SSSR count). The van der Waals surface area contributed by atoms with Crippen molar-refractivity contribution in [1.82, 2.24) is 4.90 Å². The van der Waals surface area contributed by atoms with Crippen LogP contribution >= 0.6 is 0 Å². The first-order valence-corrected chi connectivity index (χ1v) is 5.93. The number of benzene rings is 1. The zero-order valence-corrected chi connectivity index (χ0v) is 9.93. The SMILES string of the molecule is CC1(CN2CCN(c3ccccc3)C2=O)CO1. The van der Waals surface area contributed by atoms with Gasteiger partial charge < -0.3 is 9.64 Å². The number of rotatable bonds is 3. The van der Waals surface area contributed by atoms with Crippen LogP contribution in [0.2, 0.25) is 0 Å². The number of carbonyl (C=O) groups is 1. The second-order valence-electron chi connectivity index (χ2n) is 4.93. The van der Waals surface area contributed by atoms with Gasteiger partial charge in [-0.3, -0.25) is 4.90 Å². The molecule has 2 fully saturated rings. The van der Waals surface area contributed by atoms with E-state index in [-0.39, 0.29) is 11.6 Å². The average Bonchev–Trinajstić information content (AvgIpc) is 2.96. The van der Waals surface area contributed by atoms with E-state index in [2.05, 4.69) is 0 Å². The molecule has 2 heterocycles. The largest absolute Gasteiger partial charge is 0.368 e. The third kappa shape index (κ3) is 2.00. The molecule has 0 radical (unpaired) electrons. The molecule has 0 bridgehead atoms. The van der Waals surface area contributed by atoms with E-state index < -0.39 is 0 Å². The molecule has 0 spiro atoms. The number of urea groups is 1. The molecule has 17 heavy (non-hydrogen) atoms. The maximum Gasteiger partial charge on any atom is 0.324 e. The van der Waals surface area contributed by atoms with Crippen LogP contribution in [0, 0.1) is 0 Å². The van der Waals surface area contributed by atoms with Crippen LogP contribution in [-0.2, 0) is 4.74 Å². The summed E-state index contributed by atoms with van der Waals surface area (Å²) in [6.45, 7) is 5.06. The van der Waals surface area contributed by atoms with Gasteiger partial charge in [0, 0.05) is 18.8 Å². The third-order valence-corrected chi connectivity index (χ3v) is 3.33. The van der Waals surface area contributed by atoms with Gasteiger partial charge in [-0.1, -0.05) is 18.2 Å². The highest BCUT2D eigenvalue weighted by atomic mass is 16.6. The summed E-state index contributed by atoms with van der Waals surface area (Å²) in [6.07, 6.45) is 0. The number of nitrogens with zero attached hydrogens (tertiary/aromatic N) is 2. The minimum Gasteiger partial charge on any atom is -0.368 e. The highest BCUT2D eigenvalue weighted by molar-refractivity contribution is 5.94. The zero-order valence-electron chi connectivity index (χ0n) is 9.93. The fourth-order valence-corrected chi connectivity index (χ4v) is 2.20. The van der Waals surface area contributed by atoms with Crippen LogP contribution in [0.4, 0.5) is 10.5 Å². The Bertz CT molecular complexity index is 428. The first-order chi connectivity index (χ1) is 8.18. The quantitative estimate of drug-likeness (QED) is 0.744. The van der Waals surface area contributed by atoms with Crippen molar-refractivity contribution in [3.8, 4) is 0 Å². The molecule has 1 aromatic carbocycles. The van der Waals surface area contributed by atoms with E-state index in [1.54, 1.807) is 0 Å². The van der Waals surface area contributed by atoms with Gasteiger partial charge in [-0.15, -0.1) is 0 Å². The Balaban J connectivity index is 1.71. The summed E-state index contributed by atoms with van der Waals surface area (Å²) in [5.41, 5.74) is 0.879. The van der Waals surface area contributed by atoms with Crippen LogP contribution in [0.5, 0.6) is 0 Å². The van der Waals surface area contributed by atoms with E-state index in [9.17, 15) is 4.79 Å². The van der Waals surface area contributed by atoms with Crippen molar-refractivity contribution in [3.05, 3.63) is 30.3 Å². The first kappa shape index (κ1) is 10.6. The minimum atomic E-state index is -0.0949. The molecular weight excluding hydrogens is 216 g/mol. The molecule has 1 atom stereocenters. The number of ether oxygens (including phenoxy) is 1. The molecule has 0 N–H and O–H groups in total. The number of carbonyl (C=O) groups excluding carboxylic acids is 1. The molecule has 0 aliphatic carbocycles. The van der Waals surface area contributed by atoms with E-state index in [1.165, 1.54) is 0 Å². The van der Waals surface area contributed by atoms with Gasteiger partial charge in [-0.25, -0.2) is 4.79 Å². The predicted octanol–water partition coefficient (Wildman–Crippen LogP) is 1.72. The van der Waals surface area contributed by atoms with Crippen molar-refractivity contribution < 1.29 is 9.53 Å². The van der Waals surface area contributed by atoms with E-state index in [0.717, 1.165) is 25.4 Å². The van der Waals surface area contributed by atoms with E-state index in [1.807, 2.05) is 47.1 Å². The van der Waals surface area contributed by atoms with Crippen LogP contribution in [0.1, 0.15) is 6.92 Å². The lowest BCUT2D eigenvalue weighted by Crippen LogP contribution is -2.37. The lowest BCUT2D eigenvalue weighted by Gasteiger charge is -2.20. The Morgan fingerprint density at radius 1 is 1.29 bits per heavy atom. The molecular formula is C13H16N2O2. The molecule has 2 saturated heterocycles. The van der Waals surface area contributed by atoms with Crippen LogP contribution in [0.15, 0.2) is 30.3 Å². The summed E-state index contributed by atoms with van der Waals surface area (Å²) >= 11 is 0. The summed E-state index contributed by atoms with van der Waals surface area (Å²) in [5, 5.41) is 0. The first-order valence-electron chi connectivity index (χ1n) is 5.93. The van der Waals surface area contributed by atoms with E-state index in [4.69, 9.17) is 4.74 Å². The average molecular weight is 232 g/mol. The van der Waals surface area contributed by atoms with Gasteiger partial charge in [0.05, 0.1) is 13.2 Å². The molecule has 2 aliphatic rings. The Morgan fingerprint density at radius 3 is 2.65 bits per heavy atom. The fourth-order valence-electron chi connectivity index (χ4n) is 2.20. The van der Waals surface area contributed by atoms with Crippen molar-refractivity contribution in [2.45, 2.75) is 12.5 Å². The Morgan fingerprint density at radius 2 is 2.00 bits per heavy atom. The van der Waals surface area contributed by atoms with Gasteiger partial charge in [0.25, 0.3) is 0 Å². The summed E-state index contributed by atoms with van der Waals surface area (Å²) in [6, 6.07) is 9.90. The second kappa shape index (κ2) is 3.74. The predicted molar refractivity (Wildman–Crippen MR) is 65.1 cm³/mol. The normalized spacial score (nSPS) is 27.7. The van der Waals surface area contributed by atoms with E-state index in [0.29, 0.717) is 6.54 Å². The molecule has 1 unspecified atom stereocenters. The monoisotopic (exact) mass is 232 g/mol. The molecule has 0 aromatic heterocycles. The van der Waals surface area contributed by atoms with Gasteiger partial charge in [0.2, 0.25) is 0 Å². The minimum absolute atomic E-state index is 0.0907. The van der Waals surface area contributed by atoms with Crippen molar-refractivity contribution in [2.75, 3.05) is 31.1 Å². The lowest BCUT2D eigenvalue weighted by atomic mass is 10.2. The van der Waals surface area contributed by atoms with Crippen molar-refractivity contribution in [2.24, 2.45) is 0 Å². The maximum absolute atomic E-state index is 12.2. The van der Waals surface area contributed by atoms with Gasteiger partial charge in [0.1, 0.15) is 5.60 Å². The highest BCUT2D eigenvalue weighted by Crippen LogP contribution is 2.29. The van der Waals surface area contributed by atoms with Gasteiger partial charge in [0.15, 0.2) is 0 Å². The van der Waals surface area contributed by atoms with Crippen molar-refractivity contribution >= 4 is 11.7 Å². The van der Waals surface area contributed by atoms with Crippen LogP contribution in [0.3, 0.4) is 0 Å². The Kier molecular flexibility index (Phi) is 2.33. The standard InChI is InChI=1S/C13H16N2O2/c1-13(10-17-13)9-14-7-8-15(12(14)16)11-5-3-2-4-6-11/h2-6H,7-10H2,1H3. The second-order valence-corrected chi connectivity index (χ2v) is 4.93. The molecule has 90 valence electrons. The number of amides is 2. The van der Waals surface area contributed by atoms with Crippen LogP contribution < -0.4 is 4.90 Å². The van der Waals surface area contributed by atoms with E-state index >= 15 is 0 Å². The number of epoxide rings is 1.